The second kappa shape index (κ2) is 5.95. The molecule has 1 N–H and O–H groups in total. The first-order valence-electron chi connectivity index (χ1n) is 6.45. The number of nitrogens with zero attached hydrogens (tertiary/aromatic N) is 2. The third kappa shape index (κ3) is 3.00. The first kappa shape index (κ1) is 13.7. The molecule has 0 spiro atoms. The fourth-order valence-electron chi connectivity index (χ4n) is 2.46. The summed E-state index contributed by atoms with van der Waals surface area (Å²) in [6.07, 6.45) is 1.86. The molecule has 1 fully saturated rings. The van der Waals surface area contributed by atoms with Gasteiger partial charge in [0, 0.05) is 37.8 Å². The van der Waals surface area contributed by atoms with Gasteiger partial charge in [-0.1, -0.05) is 18.2 Å². The highest BCUT2D eigenvalue weighted by molar-refractivity contribution is 5.44. The van der Waals surface area contributed by atoms with Gasteiger partial charge in [-0.2, -0.15) is 0 Å². The molecule has 1 heterocycles. The van der Waals surface area contributed by atoms with Crippen molar-refractivity contribution < 1.29 is 4.92 Å². The zero-order valence-corrected chi connectivity index (χ0v) is 11.1. The molecular weight excluding hydrogens is 242 g/mol. The van der Waals surface area contributed by atoms with E-state index < -0.39 is 0 Å². The molecule has 1 aliphatic heterocycles. The normalized spacial score (nSPS) is 17.9. The standard InChI is InChI=1S/C14H19N3O2/c1-3-13(16-8-6-15-7-9-16)12-5-4-11(2)14(10-12)17(18)19/h3-5,10,13,15H,1,6-9H2,2H3/t13-/m1/s1. The monoisotopic (exact) mass is 261 g/mol. The Morgan fingerprint density at radius 2 is 2.16 bits per heavy atom. The Hall–Kier alpha value is -1.72. The molecular formula is C14H19N3O2. The van der Waals surface area contributed by atoms with Crippen molar-refractivity contribution in [1.82, 2.24) is 10.2 Å². The van der Waals surface area contributed by atoms with Gasteiger partial charge in [0.15, 0.2) is 0 Å². The minimum absolute atomic E-state index is 0.0430. The van der Waals surface area contributed by atoms with Crippen LogP contribution in [0.2, 0.25) is 0 Å². The molecule has 5 heteroatoms. The molecule has 1 aromatic rings. The van der Waals surface area contributed by atoms with Gasteiger partial charge in [-0.3, -0.25) is 15.0 Å². The Morgan fingerprint density at radius 3 is 2.74 bits per heavy atom. The zero-order valence-electron chi connectivity index (χ0n) is 11.1. The predicted octanol–water partition coefficient (Wildman–Crippen LogP) is 2.04. The van der Waals surface area contributed by atoms with Gasteiger partial charge in [0.2, 0.25) is 0 Å². The number of nitro benzene ring substituents is 1. The minimum atomic E-state index is -0.323. The van der Waals surface area contributed by atoms with E-state index in [0.717, 1.165) is 31.7 Å². The van der Waals surface area contributed by atoms with Crippen LogP contribution in [0.15, 0.2) is 30.9 Å². The van der Waals surface area contributed by atoms with Gasteiger partial charge in [0.1, 0.15) is 0 Å². The summed E-state index contributed by atoms with van der Waals surface area (Å²) < 4.78 is 0. The van der Waals surface area contributed by atoms with E-state index in [-0.39, 0.29) is 16.7 Å². The lowest BCUT2D eigenvalue weighted by atomic mass is 10.0. The van der Waals surface area contributed by atoms with Crippen molar-refractivity contribution in [1.29, 1.82) is 0 Å². The summed E-state index contributed by atoms with van der Waals surface area (Å²) in [5.74, 6) is 0. The average Bonchev–Trinajstić information content (AvgIpc) is 2.42. The third-order valence-corrected chi connectivity index (χ3v) is 3.54. The number of piperazine rings is 1. The van der Waals surface area contributed by atoms with Gasteiger partial charge >= 0.3 is 0 Å². The van der Waals surface area contributed by atoms with Gasteiger partial charge in [-0.15, -0.1) is 6.58 Å². The van der Waals surface area contributed by atoms with Crippen LogP contribution in [0.3, 0.4) is 0 Å². The van der Waals surface area contributed by atoms with Crippen LogP contribution < -0.4 is 5.32 Å². The minimum Gasteiger partial charge on any atom is -0.314 e. The van der Waals surface area contributed by atoms with Crippen LogP contribution in [-0.2, 0) is 0 Å². The second-order valence-corrected chi connectivity index (χ2v) is 4.77. The Labute approximate surface area is 113 Å². The lowest BCUT2D eigenvalue weighted by molar-refractivity contribution is -0.385. The highest BCUT2D eigenvalue weighted by atomic mass is 16.6. The van der Waals surface area contributed by atoms with Crippen molar-refractivity contribution in [2.24, 2.45) is 0 Å². The number of aryl methyl sites for hydroxylation is 1. The number of benzene rings is 1. The van der Waals surface area contributed by atoms with Crippen molar-refractivity contribution in [2.45, 2.75) is 13.0 Å². The van der Waals surface area contributed by atoms with Crippen LogP contribution >= 0.6 is 0 Å². The van der Waals surface area contributed by atoms with Crippen LogP contribution in [0.4, 0.5) is 5.69 Å². The molecule has 0 radical (unpaired) electrons. The SMILES string of the molecule is C=C[C@H](c1ccc(C)c([N+](=O)[O-])c1)N1CCNCC1. The maximum Gasteiger partial charge on any atom is 0.272 e. The number of hydrogen-bond acceptors (Lipinski definition) is 4. The van der Waals surface area contributed by atoms with Crippen molar-refractivity contribution in [2.75, 3.05) is 26.2 Å². The molecule has 102 valence electrons. The van der Waals surface area contributed by atoms with Gasteiger partial charge in [0.25, 0.3) is 5.69 Å². The van der Waals surface area contributed by atoms with Gasteiger partial charge in [-0.25, -0.2) is 0 Å². The molecule has 1 atom stereocenters. The van der Waals surface area contributed by atoms with Gasteiger partial charge < -0.3 is 5.32 Å². The van der Waals surface area contributed by atoms with E-state index in [1.165, 1.54) is 0 Å². The highest BCUT2D eigenvalue weighted by Crippen LogP contribution is 2.27. The zero-order chi connectivity index (χ0) is 13.8. The first-order valence-corrected chi connectivity index (χ1v) is 6.45. The molecule has 0 bridgehead atoms. The summed E-state index contributed by atoms with van der Waals surface area (Å²) in [5.41, 5.74) is 1.81. The maximum atomic E-state index is 11.0. The predicted molar refractivity (Wildman–Crippen MR) is 75.2 cm³/mol. The summed E-state index contributed by atoms with van der Waals surface area (Å²) in [6.45, 7) is 9.38. The van der Waals surface area contributed by atoms with Crippen molar-refractivity contribution in [3.05, 3.63) is 52.1 Å². The number of rotatable bonds is 4. The Balaban J connectivity index is 2.29. The Kier molecular flexibility index (Phi) is 4.29. The number of hydrogen-bond donors (Lipinski definition) is 1. The average molecular weight is 261 g/mol. The van der Waals surface area contributed by atoms with Crippen molar-refractivity contribution >= 4 is 5.69 Å². The van der Waals surface area contributed by atoms with Crippen LogP contribution in [0.25, 0.3) is 0 Å². The first-order chi connectivity index (χ1) is 9.13. The lowest BCUT2D eigenvalue weighted by Gasteiger charge is -2.33. The quantitative estimate of drug-likeness (QED) is 0.512. The molecule has 0 aromatic heterocycles. The molecule has 0 unspecified atom stereocenters. The summed E-state index contributed by atoms with van der Waals surface area (Å²) >= 11 is 0. The molecule has 0 aliphatic carbocycles. The van der Waals surface area contributed by atoms with E-state index in [2.05, 4.69) is 16.8 Å². The van der Waals surface area contributed by atoms with E-state index in [4.69, 9.17) is 0 Å². The maximum absolute atomic E-state index is 11.0. The summed E-state index contributed by atoms with van der Waals surface area (Å²) in [4.78, 5) is 13.0. The Morgan fingerprint density at radius 1 is 1.47 bits per heavy atom. The summed E-state index contributed by atoms with van der Waals surface area (Å²) in [6, 6.07) is 5.48. The molecule has 2 rings (SSSR count). The topological polar surface area (TPSA) is 58.4 Å². The molecule has 0 saturated carbocycles. The number of nitro groups is 1. The summed E-state index contributed by atoms with van der Waals surface area (Å²) in [7, 11) is 0. The smallest absolute Gasteiger partial charge is 0.272 e. The van der Waals surface area contributed by atoms with Crippen LogP contribution in [0, 0.1) is 17.0 Å². The molecule has 1 aliphatic rings. The molecule has 19 heavy (non-hydrogen) atoms. The fourth-order valence-corrected chi connectivity index (χ4v) is 2.46. The van der Waals surface area contributed by atoms with E-state index in [0.29, 0.717) is 5.56 Å². The van der Waals surface area contributed by atoms with E-state index >= 15 is 0 Å². The van der Waals surface area contributed by atoms with Crippen LogP contribution in [-0.4, -0.2) is 36.0 Å². The van der Waals surface area contributed by atoms with E-state index in [9.17, 15) is 10.1 Å². The van der Waals surface area contributed by atoms with Gasteiger partial charge in [-0.05, 0) is 12.5 Å². The molecule has 5 nitrogen and oxygen atoms in total. The molecule has 1 aromatic carbocycles. The fraction of sp³-hybridized carbons (Fsp3) is 0.429. The van der Waals surface area contributed by atoms with E-state index in [1.54, 1.807) is 13.0 Å². The molecule has 1 saturated heterocycles. The Bertz CT molecular complexity index is 482. The van der Waals surface area contributed by atoms with Gasteiger partial charge in [0.05, 0.1) is 11.0 Å². The third-order valence-electron chi connectivity index (χ3n) is 3.54. The highest BCUT2D eigenvalue weighted by Gasteiger charge is 2.21. The second-order valence-electron chi connectivity index (χ2n) is 4.77. The lowest BCUT2D eigenvalue weighted by Crippen LogP contribution is -2.44. The number of nitrogens with one attached hydrogen (secondary N) is 1. The van der Waals surface area contributed by atoms with Crippen LogP contribution in [0.1, 0.15) is 17.2 Å². The van der Waals surface area contributed by atoms with Crippen molar-refractivity contribution in [3.63, 3.8) is 0 Å². The van der Waals surface area contributed by atoms with Crippen molar-refractivity contribution in [3.8, 4) is 0 Å². The summed E-state index contributed by atoms with van der Waals surface area (Å²) in [5, 5.41) is 14.3. The van der Waals surface area contributed by atoms with E-state index in [1.807, 2.05) is 18.2 Å². The largest absolute Gasteiger partial charge is 0.314 e. The molecule has 0 amide bonds. The van der Waals surface area contributed by atoms with Crippen LogP contribution in [0.5, 0.6) is 0 Å².